The zero-order valence-corrected chi connectivity index (χ0v) is 17.3. The number of amides is 1. The van der Waals surface area contributed by atoms with Gasteiger partial charge >= 0.3 is 0 Å². The summed E-state index contributed by atoms with van der Waals surface area (Å²) in [4.78, 5) is 12.7. The highest BCUT2D eigenvalue weighted by atomic mass is 32.2. The van der Waals surface area contributed by atoms with Gasteiger partial charge in [0, 0.05) is 12.1 Å². The summed E-state index contributed by atoms with van der Waals surface area (Å²) in [5, 5.41) is 1.66. The second-order valence-electron chi connectivity index (χ2n) is 6.74. The maximum absolute atomic E-state index is 13.3. The van der Waals surface area contributed by atoms with Gasteiger partial charge in [0.15, 0.2) is 9.84 Å². The van der Waals surface area contributed by atoms with Crippen LogP contribution in [0.15, 0.2) is 70.2 Å². The fourth-order valence-electron chi connectivity index (χ4n) is 2.94. The lowest BCUT2D eigenvalue weighted by molar-refractivity contribution is 0.0953. The molecule has 152 valence electrons. The van der Waals surface area contributed by atoms with Crippen molar-refractivity contribution in [1.29, 1.82) is 0 Å². The Labute approximate surface area is 170 Å². The topological polar surface area (TPSA) is 85.6 Å². The van der Waals surface area contributed by atoms with Gasteiger partial charge in [-0.1, -0.05) is 12.1 Å². The van der Waals surface area contributed by atoms with Crippen molar-refractivity contribution in [3.63, 3.8) is 0 Å². The molecule has 1 amide bonds. The first-order valence-corrected chi connectivity index (χ1v) is 10.6. The fourth-order valence-corrected chi connectivity index (χ4v) is 4.61. The van der Waals surface area contributed by atoms with Crippen LogP contribution in [-0.4, -0.2) is 28.0 Å². The van der Waals surface area contributed by atoms with Crippen molar-refractivity contribution >= 4 is 15.7 Å². The smallest absolute Gasteiger partial charge is 0.251 e. The van der Waals surface area contributed by atoms with Gasteiger partial charge in [-0.05, 0) is 67.4 Å². The number of carbonyl (C=O) groups is 1. The average Bonchev–Trinajstić information content (AvgIpc) is 3.24. The van der Waals surface area contributed by atoms with Crippen LogP contribution >= 0.6 is 0 Å². The summed E-state index contributed by atoms with van der Waals surface area (Å²) >= 11 is 0. The van der Waals surface area contributed by atoms with E-state index in [4.69, 9.17) is 9.15 Å². The molecule has 1 atom stereocenters. The second-order valence-corrected chi connectivity index (χ2v) is 8.87. The first kappa shape index (κ1) is 20.7. The van der Waals surface area contributed by atoms with Crippen molar-refractivity contribution in [2.24, 2.45) is 0 Å². The van der Waals surface area contributed by atoms with E-state index in [0.29, 0.717) is 11.3 Å². The van der Waals surface area contributed by atoms with Gasteiger partial charge in [0.25, 0.3) is 5.91 Å². The average molecular weight is 413 g/mol. The summed E-state index contributed by atoms with van der Waals surface area (Å²) in [6.45, 7) is 3.66. The number of aryl methyl sites for hydroxylation is 2. The highest BCUT2D eigenvalue weighted by molar-refractivity contribution is 7.91. The Kier molecular flexibility index (Phi) is 6.08. The van der Waals surface area contributed by atoms with Gasteiger partial charge in [0.05, 0.1) is 18.3 Å². The van der Waals surface area contributed by atoms with Crippen LogP contribution in [0.1, 0.15) is 32.5 Å². The third-order valence-electron chi connectivity index (χ3n) is 4.82. The number of rotatable bonds is 7. The van der Waals surface area contributed by atoms with Crippen LogP contribution in [0.4, 0.5) is 0 Å². The summed E-state index contributed by atoms with van der Waals surface area (Å²) in [7, 11) is -2.27. The number of methoxy groups -OCH3 is 1. The molecule has 6 nitrogen and oxygen atoms in total. The predicted molar refractivity (Wildman–Crippen MR) is 110 cm³/mol. The Morgan fingerprint density at radius 3 is 2.52 bits per heavy atom. The van der Waals surface area contributed by atoms with Crippen molar-refractivity contribution in [3.05, 3.63) is 83.3 Å². The monoisotopic (exact) mass is 413 g/mol. The van der Waals surface area contributed by atoms with Gasteiger partial charge in [-0.2, -0.15) is 0 Å². The molecule has 0 spiro atoms. The highest BCUT2D eigenvalue weighted by Crippen LogP contribution is 2.30. The van der Waals surface area contributed by atoms with Crippen LogP contribution in [0.5, 0.6) is 5.75 Å². The minimum absolute atomic E-state index is 0.126. The van der Waals surface area contributed by atoms with Crippen LogP contribution in [-0.2, 0) is 9.84 Å². The van der Waals surface area contributed by atoms with E-state index in [-0.39, 0.29) is 17.2 Å². The Balaban J connectivity index is 1.88. The van der Waals surface area contributed by atoms with Crippen LogP contribution in [0.25, 0.3) is 0 Å². The van der Waals surface area contributed by atoms with E-state index in [0.717, 1.165) is 11.1 Å². The molecule has 0 aliphatic heterocycles. The Morgan fingerprint density at radius 1 is 1.07 bits per heavy atom. The molecule has 0 aliphatic carbocycles. The van der Waals surface area contributed by atoms with Gasteiger partial charge in [-0.15, -0.1) is 0 Å². The molecule has 0 saturated heterocycles. The highest BCUT2D eigenvalue weighted by Gasteiger charge is 2.32. The molecule has 1 aromatic heterocycles. The lowest BCUT2D eigenvalue weighted by atomic mass is 10.1. The normalized spacial score (nSPS) is 12.4. The van der Waals surface area contributed by atoms with E-state index in [2.05, 4.69) is 5.32 Å². The summed E-state index contributed by atoms with van der Waals surface area (Å²) in [5.74, 6) is 0.424. The van der Waals surface area contributed by atoms with E-state index in [9.17, 15) is 13.2 Å². The van der Waals surface area contributed by atoms with Gasteiger partial charge in [0.1, 0.15) is 16.8 Å². The van der Waals surface area contributed by atoms with Gasteiger partial charge in [-0.25, -0.2) is 8.42 Å². The first-order valence-electron chi connectivity index (χ1n) is 9.09. The molecule has 0 bridgehead atoms. The number of hydrogen-bond acceptors (Lipinski definition) is 5. The fraction of sp³-hybridized carbons (Fsp3) is 0.227. The molecule has 0 radical (unpaired) electrons. The number of nitrogens with one attached hydrogen (secondary N) is 1. The Morgan fingerprint density at radius 2 is 1.86 bits per heavy atom. The molecule has 0 unspecified atom stereocenters. The number of benzene rings is 2. The largest absolute Gasteiger partial charge is 0.497 e. The van der Waals surface area contributed by atoms with E-state index < -0.39 is 21.0 Å². The summed E-state index contributed by atoms with van der Waals surface area (Å²) in [6.07, 6.45) is 1.42. The summed E-state index contributed by atoms with van der Waals surface area (Å²) < 4.78 is 37.1. The number of sulfone groups is 1. The van der Waals surface area contributed by atoms with Crippen LogP contribution < -0.4 is 10.1 Å². The Hall–Kier alpha value is -3.06. The Bertz CT molecular complexity index is 1100. The molecule has 0 aliphatic rings. The van der Waals surface area contributed by atoms with Crippen LogP contribution in [0, 0.1) is 13.8 Å². The number of ether oxygens (including phenoxy) is 1. The molecule has 7 heteroatoms. The molecule has 3 aromatic rings. The van der Waals surface area contributed by atoms with E-state index in [1.54, 1.807) is 54.6 Å². The minimum Gasteiger partial charge on any atom is -0.497 e. The number of hydrogen-bond donors (Lipinski definition) is 1. The molecular weight excluding hydrogens is 390 g/mol. The van der Waals surface area contributed by atoms with Crippen molar-refractivity contribution < 1.29 is 22.4 Å². The van der Waals surface area contributed by atoms with Crippen molar-refractivity contribution in [1.82, 2.24) is 5.32 Å². The molecule has 29 heavy (non-hydrogen) atoms. The standard InChI is InChI=1S/C22H23NO5S/c1-15-9-10-19(12-16(15)2)29(25,26)21(20-8-5-11-28-20)14-23-22(24)17-6-4-7-18(13-17)27-3/h4-13,21H,14H2,1-3H3,(H,23,24)/t21-/m1/s1. The SMILES string of the molecule is COc1cccc(C(=O)NC[C@H](c2ccco2)S(=O)(=O)c2ccc(C)c(C)c2)c1. The molecule has 2 aromatic carbocycles. The number of carbonyl (C=O) groups excluding carboxylic acids is 1. The second kappa shape index (κ2) is 8.53. The van der Waals surface area contributed by atoms with E-state index in [1.807, 2.05) is 13.8 Å². The molecule has 0 fully saturated rings. The molecule has 1 N–H and O–H groups in total. The summed E-state index contributed by atoms with van der Waals surface area (Å²) in [5.41, 5.74) is 2.26. The predicted octanol–water partition coefficient (Wildman–Crippen LogP) is 3.85. The molecule has 3 rings (SSSR count). The third kappa shape index (κ3) is 4.51. The van der Waals surface area contributed by atoms with Gasteiger partial charge in [0.2, 0.25) is 0 Å². The lowest BCUT2D eigenvalue weighted by Crippen LogP contribution is -2.31. The molecular formula is C22H23NO5S. The maximum atomic E-state index is 13.3. The van der Waals surface area contributed by atoms with Crippen molar-refractivity contribution in [3.8, 4) is 5.75 Å². The van der Waals surface area contributed by atoms with Crippen molar-refractivity contribution in [2.75, 3.05) is 13.7 Å². The quantitative estimate of drug-likeness (QED) is 0.636. The zero-order valence-electron chi connectivity index (χ0n) is 16.5. The van der Waals surface area contributed by atoms with E-state index >= 15 is 0 Å². The summed E-state index contributed by atoms with van der Waals surface area (Å²) in [6, 6.07) is 14.9. The minimum atomic E-state index is -3.79. The van der Waals surface area contributed by atoms with Gasteiger partial charge in [-0.3, -0.25) is 4.79 Å². The third-order valence-corrected chi connectivity index (χ3v) is 6.88. The van der Waals surface area contributed by atoms with E-state index in [1.165, 1.54) is 13.4 Å². The van der Waals surface area contributed by atoms with Crippen LogP contribution in [0.3, 0.4) is 0 Å². The lowest BCUT2D eigenvalue weighted by Gasteiger charge is -2.17. The molecule has 0 saturated carbocycles. The van der Waals surface area contributed by atoms with Gasteiger partial charge < -0.3 is 14.5 Å². The zero-order chi connectivity index (χ0) is 21.0. The molecule has 1 heterocycles. The van der Waals surface area contributed by atoms with Crippen molar-refractivity contribution in [2.45, 2.75) is 24.0 Å². The number of furan rings is 1. The van der Waals surface area contributed by atoms with Crippen LogP contribution in [0.2, 0.25) is 0 Å². The first-order chi connectivity index (χ1) is 13.8. The maximum Gasteiger partial charge on any atom is 0.251 e.